The number of imidazole rings is 1. The summed E-state index contributed by atoms with van der Waals surface area (Å²) in [6, 6.07) is 9.50. The number of aliphatic hydroxyl groups is 1. The van der Waals surface area contributed by atoms with Crippen molar-refractivity contribution in [2.45, 2.75) is 17.3 Å². The molecular weight excluding hydrogens is 312 g/mol. The SMILES string of the molecule is CC(Sc1nncn1C)C(O)=C(C#N)c1nc2ccccc2[nH]1. The smallest absolute Gasteiger partial charge is 0.191 e. The van der Waals surface area contributed by atoms with Crippen molar-refractivity contribution in [2.75, 3.05) is 0 Å². The van der Waals surface area contributed by atoms with Gasteiger partial charge in [-0.05, 0) is 19.1 Å². The Balaban J connectivity index is 1.95. The Bertz CT molecular complexity index is 886. The van der Waals surface area contributed by atoms with E-state index in [9.17, 15) is 10.4 Å². The zero-order valence-corrected chi connectivity index (χ0v) is 13.4. The average molecular weight is 326 g/mol. The quantitative estimate of drug-likeness (QED) is 0.434. The molecule has 0 aliphatic rings. The molecule has 2 aromatic heterocycles. The number of benzene rings is 1. The highest BCUT2D eigenvalue weighted by molar-refractivity contribution is 7.99. The summed E-state index contributed by atoms with van der Waals surface area (Å²) in [6.45, 7) is 1.80. The predicted molar refractivity (Wildman–Crippen MR) is 87.6 cm³/mol. The number of aromatic nitrogens is 5. The van der Waals surface area contributed by atoms with Crippen LogP contribution in [0.3, 0.4) is 0 Å². The molecule has 1 atom stereocenters. The van der Waals surface area contributed by atoms with E-state index in [1.807, 2.05) is 37.4 Å². The van der Waals surface area contributed by atoms with Crippen molar-refractivity contribution in [1.82, 2.24) is 24.7 Å². The van der Waals surface area contributed by atoms with Gasteiger partial charge in [0.15, 0.2) is 11.0 Å². The van der Waals surface area contributed by atoms with Crippen LogP contribution in [-0.2, 0) is 7.05 Å². The second kappa shape index (κ2) is 6.14. The van der Waals surface area contributed by atoms with Crippen molar-refractivity contribution < 1.29 is 5.11 Å². The lowest BCUT2D eigenvalue weighted by atomic mass is 10.2. The number of H-pyrrole nitrogens is 1. The van der Waals surface area contributed by atoms with E-state index in [2.05, 4.69) is 20.2 Å². The maximum Gasteiger partial charge on any atom is 0.191 e. The molecule has 2 N–H and O–H groups in total. The minimum Gasteiger partial charge on any atom is -0.510 e. The first-order valence-corrected chi connectivity index (χ1v) is 7.77. The molecule has 8 heteroatoms. The fourth-order valence-corrected chi connectivity index (χ4v) is 2.95. The molecule has 1 unspecified atom stereocenters. The molecule has 0 amide bonds. The Morgan fingerprint density at radius 1 is 1.43 bits per heavy atom. The molecule has 1 aromatic carbocycles. The maximum atomic E-state index is 10.5. The molecule has 116 valence electrons. The molecule has 0 fully saturated rings. The number of nitriles is 1. The Hall–Kier alpha value is -2.79. The third kappa shape index (κ3) is 2.91. The molecule has 7 nitrogen and oxygen atoms in total. The number of para-hydroxylation sites is 2. The van der Waals surface area contributed by atoms with Gasteiger partial charge in [0.25, 0.3) is 0 Å². The number of fused-ring (bicyclic) bond motifs is 1. The van der Waals surface area contributed by atoms with Crippen LogP contribution in [0.5, 0.6) is 0 Å². The lowest BCUT2D eigenvalue weighted by molar-refractivity contribution is 0.401. The number of hydrogen-bond acceptors (Lipinski definition) is 6. The number of nitrogens with one attached hydrogen (secondary N) is 1. The van der Waals surface area contributed by atoms with E-state index in [4.69, 9.17) is 0 Å². The Morgan fingerprint density at radius 2 is 2.22 bits per heavy atom. The van der Waals surface area contributed by atoms with Gasteiger partial charge in [-0.1, -0.05) is 23.9 Å². The average Bonchev–Trinajstić information content (AvgIpc) is 3.14. The summed E-state index contributed by atoms with van der Waals surface area (Å²) in [5.41, 5.74) is 1.69. The van der Waals surface area contributed by atoms with E-state index in [0.717, 1.165) is 11.0 Å². The standard InChI is InChI=1S/C15H14N6OS/c1-9(23-15-20-17-8-21(15)2)13(22)10(7-16)14-18-11-5-3-4-6-12(11)19-14/h3-6,8-9,22H,1-2H3,(H,18,19). The van der Waals surface area contributed by atoms with Crippen LogP contribution < -0.4 is 0 Å². The van der Waals surface area contributed by atoms with Gasteiger partial charge in [0.2, 0.25) is 0 Å². The van der Waals surface area contributed by atoms with Gasteiger partial charge in [0, 0.05) is 7.05 Å². The van der Waals surface area contributed by atoms with Crippen molar-refractivity contribution in [3.05, 3.63) is 42.2 Å². The molecule has 3 rings (SSSR count). The highest BCUT2D eigenvalue weighted by atomic mass is 32.2. The molecule has 23 heavy (non-hydrogen) atoms. The highest BCUT2D eigenvalue weighted by Crippen LogP contribution is 2.29. The summed E-state index contributed by atoms with van der Waals surface area (Å²) >= 11 is 1.32. The Labute approximate surface area is 136 Å². The Morgan fingerprint density at radius 3 is 2.87 bits per heavy atom. The molecule has 0 aliphatic heterocycles. The van der Waals surface area contributed by atoms with Gasteiger partial charge in [-0.25, -0.2) is 4.98 Å². The van der Waals surface area contributed by atoms with Gasteiger partial charge in [-0.15, -0.1) is 10.2 Å². The predicted octanol–water partition coefficient (Wildman–Crippen LogP) is 2.66. The van der Waals surface area contributed by atoms with Crippen LogP contribution in [0.15, 0.2) is 41.5 Å². The molecule has 0 saturated heterocycles. The monoisotopic (exact) mass is 326 g/mol. The largest absolute Gasteiger partial charge is 0.510 e. The van der Waals surface area contributed by atoms with Gasteiger partial charge in [-0.2, -0.15) is 5.26 Å². The van der Waals surface area contributed by atoms with E-state index in [1.54, 1.807) is 17.8 Å². The normalized spacial score (nSPS) is 13.6. The van der Waals surface area contributed by atoms with E-state index >= 15 is 0 Å². The summed E-state index contributed by atoms with van der Waals surface area (Å²) in [5.74, 6) is 0.316. The van der Waals surface area contributed by atoms with E-state index < -0.39 is 0 Å². The summed E-state index contributed by atoms with van der Waals surface area (Å²) in [5, 5.41) is 28.0. The number of rotatable bonds is 4. The molecule has 0 saturated carbocycles. The minimum absolute atomic E-state index is 0.0421. The first kappa shape index (κ1) is 15.1. The van der Waals surface area contributed by atoms with Crippen molar-refractivity contribution >= 4 is 28.4 Å². The molecule has 0 radical (unpaired) electrons. The van der Waals surface area contributed by atoms with Gasteiger partial charge in [0.1, 0.15) is 23.7 Å². The number of thioether (sulfide) groups is 1. The minimum atomic E-state index is -0.360. The first-order valence-electron chi connectivity index (χ1n) is 6.89. The summed E-state index contributed by atoms with van der Waals surface area (Å²) < 4.78 is 1.75. The molecule has 0 bridgehead atoms. The fourth-order valence-electron chi connectivity index (χ4n) is 2.10. The first-order chi connectivity index (χ1) is 11.1. The van der Waals surface area contributed by atoms with Gasteiger partial charge in [0.05, 0.1) is 16.3 Å². The van der Waals surface area contributed by atoms with Crippen LogP contribution in [0.4, 0.5) is 0 Å². The second-order valence-electron chi connectivity index (χ2n) is 4.96. The van der Waals surface area contributed by atoms with Crippen molar-refractivity contribution in [3.8, 4) is 6.07 Å². The van der Waals surface area contributed by atoms with Crippen LogP contribution in [0.1, 0.15) is 12.7 Å². The second-order valence-corrected chi connectivity index (χ2v) is 6.27. The number of nitrogens with zero attached hydrogens (tertiary/aromatic N) is 5. The third-order valence-electron chi connectivity index (χ3n) is 3.33. The van der Waals surface area contributed by atoms with Gasteiger partial charge >= 0.3 is 0 Å². The molecular formula is C15H14N6OS. The van der Waals surface area contributed by atoms with Crippen LogP contribution in [0.25, 0.3) is 16.6 Å². The molecule has 2 heterocycles. The van der Waals surface area contributed by atoms with Crippen molar-refractivity contribution in [2.24, 2.45) is 7.05 Å². The zero-order chi connectivity index (χ0) is 16.4. The number of aromatic amines is 1. The molecule has 0 aliphatic carbocycles. The summed E-state index contributed by atoms with van der Waals surface area (Å²) in [4.78, 5) is 7.42. The number of hydrogen-bond donors (Lipinski definition) is 2. The summed E-state index contributed by atoms with van der Waals surface area (Å²) in [6.07, 6.45) is 1.58. The Kier molecular flexibility index (Phi) is 4.04. The van der Waals surface area contributed by atoms with Crippen molar-refractivity contribution in [1.29, 1.82) is 5.26 Å². The fraction of sp³-hybridized carbons (Fsp3) is 0.200. The van der Waals surface area contributed by atoms with E-state index in [0.29, 0.717) is 11.0 Å². The van der Waals surface area contributed by atoms with Crippen LogP contribution >= 0.6 is 11.8 Å². The summed E-state index contributed by atoms with van der Waals surface area (Å²) in [7, 11) is 1.82. The van der Waals surface area contributed by atoms with Crippen LogP contribution in [0, 0.1) is 11.3 Å². The van der Waals surface area contributed by atoms with Gasteiger partial charge in [-0.3, -0.25) is 0 Å². The lowest BCUT2D eigenvalue weighted by Gasteiger charge is -2.10. The zero-order valence-electron chi connectivity index (χ0n) is 12.6. The number of aliphatic hydroxyl groups excluding tert-OH is 1. The topological polar surface area (TPSA) is 103 Å². The van der Waals surface area contributed by atoms with E-state index in [-0.39, 0.29) is 16.6 Å². The number of aryl methyl sites for hydroxylation is 1. The molecule has 0 spiro atoms. The lowest BCUT2D eigenvalue weighted by Crippen LogP contribution is -2.06. The molecule has 3 aromatic rings. The van der Waals surface area contributed by atoms with Crippen LogP contribution in [-0.4, -0.2) is 35.1 Å². The van der Waals surface area contributed by atoms with Crippen molar-refractivity contribution in [3.63, 3.8) is 0 Å². The maximum absolute atomic E-state index is 10.5. The van der Waals surface area contributed by atoms with E-state index in [1.165, 1.54) is 11.8 Å². The van der Waals surface area contributed by atoms with Crippen LogP contribution in [0.2, 0.25) is 0 Å². The third-order valence-corrected chi connectivity index (χ3v) is 4.49. The number of allylic oxidation sites excluding steroid dienone is 1. The van der Waals surface area contributed by atoms with Gasteiger partial charge < -0.3 is 14.7 Å². The highest BCUT2D eigenvalue weighted by Gasteiger charge is 2.20.